The molecule has 0 aromatic carbocycles. The molecule has 2 nitrogen and oxygen atoms in total. The Balaban J connectivity index is 2.01. The van der Waals surface area contributed by atoms with E-state index in [9.17, 15) is 8.78 Å². The zero-order chi connectivity index (χ0) is 10.1. The zero-order valence-corrected chi connectivity index (χ0v) is 7.87. The minimum atomic E-state index is -2.30. The van der Waals surface area contributed by atoms with Gasteiger partial charge in [0.2, 0.25) is 0 Å². The van der Waals surface area contributed by atoms with E-state index in [1.807, 2.05) is 6.07 Å². The van der Waals surface area contributed by atoms with Crippen LogP contribution in [0.4, 0.5) is 8.78 Å². The molecule has 1 aliphatic carbocycles. The van der Waals surface area contributed by atoms with Crippen LogP contribution in [-0.2, 0) is 6.54 Å². The molecule has 0 bridgehead atoms. The van der Waals surface area contributed by atoms with Crippen molar-refractivity contribution in [1.29, 1.82) is 0 Å². The molecule has 0 radical (unpaired) electrons. The number of rotatable bonds is 4. The van der Waals surface area contributed by atoms with Crippen molar-refractivity contribution in [2.24, 2.45) is 11.7 Å². The maximum atomic E-state index is 12.0. The molecule has 2 N–H and O–H groups in total. The van der Waals surface area contributed by atoms with Gasteiger partial charge in [-0.1, -0.05) is 0 Å². The summed E-state index contributed by atoms with van der Waals surface area (Å²) in [4.78, 5) is 0. The second-order valence-corrected chi connectivity index (χ2v) is 3.90. The molecule has 1 saturated carbocycles. The van der Waals surface area contributed by atoms with Gasteiger partial charge in [0.1, 0.15) is 0 Å². The fourth-order valence-electron chi connectivity index (χ4n) is 1.66. The Kier molecular flexibility index (Phi) is 2.54. The monoisotopic (exact) mass is 200 g/mol. The molecule has 0 amide bonds. The third kappa shape index (κ3) is 2.12. The highest BCUT2D eigenvalue weighted by atomic mass is 19.3. The van der Waals surface area contributed by atoms with Gasteiger partial charge in [0.25, 0.3) is 6.43 Å². The molecular weight excluding hydrogens is 186 g/mol. The third-order valence-electron chi connectivity index (χ3n) is 2.64. The van der Waals surface area contributed by atoms with E-state index in [0.717, 1.165) is 5.56 Å². The predicted octanol–water partition coefficient (Wildman–Crippen LogP) is 2.16. The topological polar surface area (TPSA) is 30.9 Å². The smallest absolute Gasteiger partial charge is 0.256 e. The van der Waals surface area contributed by atoms with Crippen molar-refractivity contribution in [3.05, 3.63) is 24.0 Å². The molecule has 0 aliphatic heterocycles. The molecule has 1 heterocycles. The van der Waals surface area contributed by atoms with Gasteiger partial charge >= 0.3 is 0 Å². The fourth-order valence-corrected chi connectivity index (χ4v) is 1.66. The minimum Gasteiger partial charge on any atom is -0.348 e. The molecule has 1 aromatic heterocycles. The van der Waals surface area contributed by atoms with Crippen molar-refractivity contribution in [3.8, 4) is 0 Å². The summed E-state index contributed by atoms with van der Waals surface area (Å²) in [7, 11) is 0. The Morgan fingerprint density at radius 1 is 1.50 bits per heavy atom. The molecule has 2 rings (SSSR count). The van der Waals surface area contributed by atoms with E-state index in [1.165, 1.54) is 17.4 Å². The van der Waals surface area contributed by atoms with Crippen molar-refractivity contribution >= 4 is 0 Å². The fraction of sp³-hybridized carbons (Fsp3) is 0.600. The Bertz CT molecular complexity index is 305. The maximum Gasteiger partial charge on any atom is 0.256 e. The summed E-state index contributed by atoms with van der Waals surface area (Å²) in [5.41, 5.74) is 6.92. The van der Waals surface area contributed by atoms with Crippen LogP contribution in [0.1, 0.15) is 24.4 Å². The predicted molar refractivity (Wildman–Crippen MR) is 50.1 cm³/mol. The van der Waals surface area contributed by atoms with E-state index < -0.39 is 6.43 Å². The first-order valence-corrected chi connectivity index (χ1v) is 4.86. The maximum absolute atomic E-state index is 12.0. The van der Waals surface area contributed by atoms with Crippen LogP contribution in [0.25, 0.3) is 0 Å². The first-order valence-electron chi connectivity index (χ1n) is 4.86. The second kappa shape index (κ2) is 3.69. The van der Waals surface area contributed by atoms with Gasteiger partial charge in [0.05, 0.1) is 6.54 Å². The lowest BCUT2D eigenvalue weighted by Gasteiger charge is -2.07. The Morgan fingerprint density at radius 2 is 2.21 bits per heavy atom. The van der Waals surface area contributed by atoms with Crippen LogP contribution in [0.5, 0.6) is 0 Å². The number of aromatic nitrogens is 1. The largest absolute Gasteiger partial charge is 0.348 e. The molecule has 0 saturated heterocycles. The van der Waals surface area contributed by atoms with Gasteiger partial charge in [-0.05, 0) is 30.4 Å². The SMILES string of the molecule is NC(c1ccn(CC(F)F)c1)C1CC1. The number of alkyl halides is 2. The van der Waals surface area contributed by atoms with Crippen molar-refractivity contribution in [1.82, 2.24) is 4.57 Å². The van der Waals surface area contributed by atoms with Gasteiger partial charge in [0.15, 0.2) is 0 Å². The number of hydrogen-bond acceptors (Lipinski definition) is 1. The first kappa shape index (κ1) is 9.65. The van der Waals surface area contributed by atoms with E-state index >= 15 is 0 Å². The van der Waals surface area contributed by atoms with Gasteiger partial charge in [-0.25, -0.2) is 8.78 Å². The van der Waals surface area contributed by atoms with E-state index in [2.05, 4.69) is 0 Å². The van der Waals surface area contributed by atoms with E-state index in [-0.39, 0.29) is 12.6 Å². The summed E-state index contributed by atoms with van der Waals surface area (Å²) < 4.78 is 25.6. The zero-order valence-electron chi connectivity index (χ0n) is 7.87. The van der Waals surface area contributed by atoms with Crippen molar-refractivity contribution in [2.75, 3.05) is 0 Å². The summed E-state index contributed by atoms with van der Waals surface area (Å²) in [6.07, 6.45) is 3.44. The average molecular weight is 200 g/mol. The highest BCUT2D eigenvalue weighted by Gasteiger charge is 2.29. The van der Waals surface area contributed by atoms with Crippen molar-refractivity contribution in [3.63, 3.8) is 0 Å². The molecule has 1 atom stereocenters. The Morgan fingerprint density at radius 3 is 2.79 bits per heavy atom. The Labute approximate surface area is 81.7 Å². The molecule has 78 valence electrons. The van der Waals surface area contributed by atoms with Crippen LogP contribution in [0.3, 0.4) is 0 Å². The lowest BCUT2D eigenvalue weighted by Crippen LogP contribution is -2.11. The molecule has 1 fully saturated rings. The first-order chi connectivity index (χ1) is 6.66. The van der Waals surface area contributed by atoms with Crippen molar-refractivity contribution < 1.29 is 8.78 Å². The van der Waals surface area contributed by atoms with Gasteiger partial charge in [-0.3, -0.25) is 0 Å². The summed E-state index contributed by atoms with van der Waals surface area (Å²) in [6.45, 7) is -0.239. The van der Waals surface area contributed by atoms with Gasteiger partial charge in [-0.15, -0.1) is 0 Å². The van der Waals surface area contributed by atoms with Gasteiger partial charge < -0.3 is 10.3 Å². The van der Waals surface area contributed by atoms with Crippen LogP contribution in [0, 0.1) is 5.92 Å². The van der Waals surface area contributed by atoms with Crippen LogP contribution in [0.15, 0.2) is 18.5 Å². The summed E-state index contributed by atoms with van der Waals surface area (Å²) in [5.74, 6) is 0.567. The molecule has 0 spiro atoms. The minimum absolute atomic E-state index is 0.0360. The molecular formula is C10H14F2N2. The van der Waals surface area contributed by atoms with Gasteiger partial charge in [0, 0.05) is 18.4 Å². The molecule has 4 heteroatoms. The standard InChI is InChI=1S/C10H14F2N2/c11-9(12)6-14-4-3-8(5-14)10(13)7-1-2-7/h3-5,7,9-10H,1-2,6,13H2. The summed E-state index contributed by atoms with van der Waals surface area (Å²) >= 11 is 0. The normalized spacial score (nSPS) is 18.9. The van der Waals surface area contributed by atoms with Crippen LogP contribution >= 0.6 is 0 Å². The number of nitrogens with two attached hydrogens (primary N) is 1. The van der Waals surface area contributed by atoms with E-state index in [0.29, 0.717) is 5.92 Å². The van der Waals surface area contributed by atoms with E-state index in [1.54, 1.807) is 12.4 Å². The Hall–Kier alpha value is -0.900. The number of nitrogens with zero attached hydrogens (tertiary/aromatic N) is 1. The van der Waals surface area contributed by atoms with Crippen molar-refractivity contribution in [2.45, 2.75) is 31.9 Å². The summed E-state index contributed by atoms with van der Waals surface area (Å²) in [6, 6.07) is 1.87. The quantitative estimate of drug-likeness (QED) is 0.793. The lowest BCUT2D eigenvalue weighted by atomic mass is 10.1. The molecule has 1 unspecified atom stereocenters. The highest BCUT2D eigenvalue weighted by molar-refractivity contribution is 5.17. The highest BCUT2D eigenvalue weighted by Crippen LogP contribution is 2.39. The van der Waals surface area contributed by atoms with Gasteiger partial charge in [-0.2, -0.15) is 0 Å². The number of hydrogen-bond donors (Lipinski definition) is 1. The average Bonchev–Trinajstić information content (AvgIpc) is 2.86. The molecule has 14 heavy (non-hydrogen) atoms. The van der Waals surface area contributed by atoms with Crippen LogP contribution < -0.4 is 5.73 Å². The van der Waals surface area contributed by atoms with Crippen LogP contribution in [-0.4, -0.2) is 11.0 Å². The van der Waals surface area contributed by atoms with Crippen LogP contribution in [0.2, 0.25) is 0 Å². The molecule has 1 aliphatic rings. The molecule has 1 aromatic rings. The summed E-state index contributed by atoms with van der Waals surface area (Å²) in [5, 5.41) is 0. The van der Waals surface area contributed by atoms with E-state index in [4.69, 9.17) is 5.73 Å². The number of halogens is 2. The lowest BCUT2D eigenvalue weighted by molar-refractivity contribution is 0.126. The third-order valence-corrected chi connectivity index (χ3v) is 2.64. The second-order valence-electron chi connectivity index (χ2n) is 3.90.